The summed E-state index contributed by atoms with van der Waals surface area (Å²) in [5, 5.41) is 11.9. The predicted octanol–water partition coefficient (Wildman–Crippen LogP) is 2.43. The summed E-state index contributed by atoms with van der Waals surface area (Å²) >= 11 is 1.53. The molecule has 1 saturated heterocycles. The molecule has 1 fully saturated rings. The average Bonchev–Trinajstić information content (AvgIpc) is 3.01. The highest BCUT2D eigenvalue weighted by Gasteiger charge is 2.29. The molecule has 1 aromatic heterocycles. The van der Waals surface area contributed by atoms with Gasteiger partial charge in [0.05, 0.1) is 25.7 Å². The molecule has 24 heavy (non-hydrogen) atoms. The van der Waals surface area contributed by atoms with Crippen LogP contribution in [0.15, 0.2) is 29.6 Å². The number of morpholine rings is 1. The minimum atomic E-state index is -0.935. The molecule has 1 aliphatic heterocycles. The molecule has 2 aromatic rings. The smallest absolute Gasteiger partial charge is 0.305 e. The maximum Gasteiger partial charge on any atom is 0.305 e. The standard InChI is InChI=1S/C17H18N2O4S/c1-11-10-24-16(18-11)12-3-2-4-13(7-12)17(22)19-5-6-23-9-14(19)8-15(20)21/h2-4,7,10,14H,5-6,8-9H2,1H3,(H,20,21). The zero-order valence-electron chi connectivity index (χ0n) is 13.3. The second-order valence-corrected chi connectivity index (χ2v) is 6.56. The van der Waals surface area contributed by atoms with Crippen molar-refractivity contribution in [2.45, 2.75) is 19.4 Å². The highest BCUT2D eigenvalue weighted by Crippen LogP contribution is 2.25. The summed E-state index contributed by atoms with van der Waals surface area (Å²) in [6.07, 6.45) is -0.114. The van der Waals surface area contributed by atoms with Crippen molar-refractivity contribution < 1.29 is 19.4 Å². The minimum Gasteiger partial charge on any atom is -0.481 e. The van der Waals surface area contributed by atoms with Crippen LogP contribution in [-0.2, 0) is 9.53 Å². The van der Waals surface area contributed by atoms with Crippen molar-refractivity contribution in [1.82, 2.24) is 9.88 Å². The van der Waals surface area contributed by atoms with E-state index >= 15 is 0 Å². The van der Waals surface area contributed by atoms with E-state index < -0.39 is 12.0 Å². The molecule has 6 nitrogen and oxygen atoms in total. The Bertz CT molecular complexity index is 759. The summed E-state index contributed by atoms with van der Waals surface area (Å²) in [5.41, 5.74) is 2.38. The maximum atomic E-state index is 12.8. The van der Waals surface area contributed by atoms with E-state index in [9.17, 15) is 9.59 Å². The lowest BCUT2D eigenvalue weighted by Crippen LogP contribution is -2.49. The third-order valence-corrected chi connectivity index (χ3v) is 4.88. The van der Waals surface area contributed by atoms with Crippen molar-refractivity contribution in [3.8, 4) is 10.6 Å². The summed E-state index contributed by atoms with van der Waals surface area (Å²) in [4.78, 5) is 29.9. The minimum absolute atomic E-state index is 0.114. The Hall–Kier alpha value is -2.25. The molecule has 7 heteroatoms. The summed E-state index contributed by atoms with van der Waals surface area (Å²) in [7, 11) is 0. The Morgan fingerprint density at radius 1 is 1.46 bits per heavy atom. The maximum absolute atomic E-state index is 12.8. The van der Waals surface area contributed by atoms with E-state index in [0.29, 0.717) is 18.7 Å². The fourth-order valence-corrected chi connectivity index (χ4v) is 3.53. The van der Waals surface area contributed by atoms with Gasteiger partial charge in [-0.1, -0.05) is 12.1 Å². The molecule has 0 radical (unpaired) electrons. The Morgan fingerprint density at radius 3 is 3.00 bits per heavy atom. The number of carboxylic acid groups (broad SMARTS) is 1. The van der Waals surface area contributed by atoms with Gasteiger partial charge in [0.2, 0.25) is 0 Å². The number of carboxylic acids is 1. The van der Waals surface area contributed by atoms with Gasteiger partial charge in [0.25, 0.3) is 5.91 Å². The van der Waals surface area contributed by atoms with Crippen LogP contribution in [0.5, 0.6) is 0 Å². The SMILES string of the molecule is Cc1csc(-c2cccc(C(=O)N3CCOCC3CC(=O)O)c2)n1. The molecule has 3 rings (SSSR count). The Kier molecular flexibility index (Phi) is 4.92. The van der Waals surface area contributed by atoms with Crippen molar-refractivity contribution in [2.75, 3.05) is 19.8 Å². The molecule has 1 aromatic carbocycles. The number of amides is 1. The zero-order valence-corrected chi connectivity index (χ0v) is 14.1. The molecule has 126 valence electrons. The number of benzene rings is 1. The summed E-state index contributed by atoms with van der Waals surface area (Å²) in [6, 6.07) is 6.87. The lowest BCUT2D eigenvalue weighted by atomic mass is 10.1. The molecular weight excluding hydrogens is 328 g/mol. The number of carbonyl (C=O) groups is 2. The van der Waals surface area contributed by atoms with E-state index in [1.165, 1.54) is 11.3 Å². The van der Waals surface area contributed by atoms with E-state index in [4.69, 9.17) is 9.84 Å². The highest BCUT2D eigenvalue weighted by atomic mass is 32.1. The average molecular weight is 346 g/mol. The molecule has 0 aliphatic carbocycles. The van der Waals surface area contributed by atoms with Crippen molar-refractivity contribution in [2.24, 2.45) is 0 Å². The van der Waals surface area contributed by atoms with E-state index in [0.717, 1.165) is 16.3 Å². The third kappa shape index (κ3) is 3.63. The molecule has 2 heterocycles. The van der Waals surface area contributed by atoms with E-state index in [1.54, 1.807) is 11.0 Å². The van der Waals surface area contributed by atoms with Crippen LogP contribution in [0.25, 0.3) is 10.6 Å². The van der Waals surface area contributed by atoms with Crippen LogP contribution in [0.2, 0.25) is 0 Å². The van der Waals surface area contributed by atoms with Crippen LogP contribution in [0.4, 0.5) is 0 Å². The predicted molar refractivity (Wildman–Crippen MR) is 90.2 cm³/mol. The Balaban J connectivity index is 1.84. The van der Waals surface area contributed by atoms with Gasteiger partial charge in [0.15, 0.2) is 0 Å². The van der Waals surface area contributed by atoms with Crippen LogP contribution in [-0.4, -0.2) is 52.7 Å². The van der Waals surface area contributed by atoms with E-state index in [-0.39, 0.29) is 18.9 Å². The lowest BCUT2D eigenvalue weighted by Gasteiger charge is -2.35. The second kappa shape index (κ2) is 7.11. The van der Waals surface area contributed by atoms with Gasteiger partial charge in [-0.3, -0.25) is 9.59 Å². The van der Waals surface area contributed by atoms with Gasteiger partial charge >= 0.3 is 5.97 Å². The van der Waals surface area contributed by atoms with Crippen molar-refractivity contribution >= 4 is 23.2 Å². The van der Waals surface area contributed by atoms with Crippen LogP contribution < -0.4 is 0 Å². The molecule has 1 amide bonds. The Morgan fingerprint density at radius 2 is 2.29 bits per heavy atom. The summed E-state index contributed by atoms with van der Waals surface area (Å²) in [6.45, 7) is 3.01. The van der Waals surface area contributed by atoms with Gasteiger partial charge < -0.3 is 14.7 Å². The van der Waals surface area contributed by atoms with Gasteiger partial charge in [-0.05, 0) is 19.1 Å². The molecule has 1 unspecified atom stereocenters. The topological polar surface area (TPSA) is 79.7 Å². The number of nitrogens with zero attached hydrogens (tertiary/aromatic N) is 2. The second-order valence-electron chi connectivity index (χ2n) is 5.70. The van der Waals surface area contributed by atoms with Crippen molar-refractivity contribution in [1.29, 1.82) is 0 Å². The highest BCUT2D eigenvalue weighted by molar-refractivity contribution is 7.13. The van der Waals surface area contributed by atoms with Gasteiger partial charge in [-0.2, -0.15) is 0 Å². The molecule has 1 aliphatic rings. The summed E-state index contributed by atoms with van der Waals surface area (Å²) in [5.74, 6) is -1.10. The molecule has 1 atom stereocenters. The van der Waals surface area contributed by atoms with E-state index in [1.807, 2.05) is 30.5 Å². The number of hydrogen-bond acceptors (Lipinski definition) is 5. The van der Waals surface area contributed by atoms with Gasteiger partial charge in [-0.15, -0.1) is 11.3 Å². The first-order chi connectivity index (χ1) is 11.5. The monoisotopic (exact) mass is 346 g/mol. The molecule has 0 spiro atoms. The van der Waals surface area contributed by atoms with Crippen LogP contribution in [0.3, 0.4) is 0 Å². The molecular formula is C17H18N2O4S. The number of carbonyl (C=O) groups excluding carboxylic acids is 1. The number of hydrogen-bond donors (Lipinski definition) is 1. The number of aromatic nitrogens is 1. The van der Waals surface area contributed by atoms with Gasteiger partial charge in [-0.25, -0.2) is 4.98 Å². The molecule has 1 N–H and O–H groups in total. The van der Waals surface area contributed by atoms with Gasteiger partial charge in [0.1, 0.15) is 5.01 Å². The van der Waals surface area contributed by atoms with E-state index in [2.05, 4.69) is 4.98 Å². The largest absolute Gasteiger partial charge is 0.481 e. The van der Waals surface area contributed by atoms with Crippen molar-refractivity contribution in [3.63, 3.8) is 0 Å². The fourth-order valence-electron chi connectivity index (χ4n) is 2.73. The quantitative estimate of drug-likeness (QED) is 0.920. The first-order valence-corrected chi connectivity index (χ1v) is 8.55. The normalized spacial score (nSPS) is 17.7. The van der Waals surface area contributed by atoms with Crippen molar-refractivity contribution in [3.05, 3.63) is 40.9 Å². The zero-order chi connectivity index (χ0) is 17.1. The number of thiazole rings is 1. The first kappa shape index (κ1) is 16.6. The van der Waals surface area contributed by atoms with Crippen LogP contribution >= 0.6 is 11.3 Å². The third-order valence-electron chi connectivity index (χ3n) is 3.87. The van der Waals surface area contributed by atoms with Gasteiger partial charge in [0, 0.05) is 28.7 Å². The molecule has 0 saturated carbocycles. The number of aliphatic carboxylic acids is 1. The number of rotatable bonds is 4. The number of aryl methyl sites for hydroxylation is 1. The summed E-state index contributed by atoms with van der Waals surface area (Å²) < 4.78 is 5.33. The fraction of sp³-hybridized carbons (Fsp3) is 0.353. The van der Waals surface area contributed by atoms with Crippen LogP contribution in [0.1, 0.15) is 22.5 Å². The lowest BCUT2D eigenvalue weighted by molar-refractivity contribution is -0.139. The Labute approximate surface area is 143 Å². The number of ether oxygens (including phenoxy) is 1. The molecule has 0 bridgehead atoms. The van der Waals surface area contributed by atoms with Crippen LogP contribution in [0, 0.1) is 6.92 Å². The first-order valence-electron chi connectivity index (χ1n) is 7.67.